The van der Waals surface area contributed by atoms with Crippen molar-refractivity contribution < 1.29 is 74.1 Å². The molecule has 1 heterocycles. The quantitative estimate of drug-likeness (QED) is 0.461. The van der Waals surface area contributed by atoms with E-state index in [0.717, 1.165) is 6.07 Å². The van der Waals surface area contributed by atoms with E-state index >= 15 is 0 Å². The van der Waals surface area contributed by atoms with Crippen LogP contribution in [0.15, 0.2) is 16.5 Å². The second-order valence-electron chi connectivity index (χ2n) is 1.62. The van der Waals surface area contributed by atoms with Crippen LogP contribution in [-0.4, -0.2) is 0 Å². The van der Waals surface area contributed by atoms with Crippen LogP contribution in [0, 0.1) is 0 Å². The molecule has 1 aromatic rings. The molecule has 6 heteroatoms. The van der Waals surface area contributed by atoms with Crippen LogP contribution in [0.5, 0.6) is 5.95 Å². The predicted octanol–water partition coefficient (Wildman–Crippen LogP) is -1.62. The number of furan rings is 1. The third-order valence-corrected chi connectivity index (χ3v) is 0.861. The normalized spacial score (nSPS) is 10.8. The van der Waals surface area contributed by atoms with E-state index in [-0.39, 0.29) is 51.4 Å². The minimum absolute atomic E-state index is 0. The first kappa shape index (κ1) is 11.5. The molecule has 0 unspecified atom stereocenters. The molecule has 0 saturated carbocycles. The molecule has 0 bridgehead atoms. The Morgan fingerprint density at radius 2 is 1.82 bits per heavy atom. The molecule has 56 valence electrons. The summed E-state index contributed by atoms with van der Waals surface area (Å²) in [4.78, 5) is 0. The van der Waals surface area contributed by atoms with Gasteiger partial charge in [0.05, 0.1) is 11.7 Å². The topological polar surface area (TPSA) is 36.2 Å². The van der Waals surface area contributed by atoms with Gasteiger partial charge >= 0.3 is 57.6 Å². The fourth-order valence-corrected chi connectivity index (χ4v) is 0.472. The Kier molecular flexibility index (Phi) is 4.13. The molecule has 2 nitrogen and oxygen atoms in total. The third-order valence-electron chi connectivity index (χ3n) is 0.861. The van der Waals surface area contributed by atoms with E-state index in [1.807, 2.05) is 0 Å². The summed E-state index contributed by atoms with van der Waals surface area (Å²) in [5, 5.41) is 10.1. The van der Waals surface area contributed by atoms with Gasteiger partial charge in [0.25, 0.3) is 0 Å². The van der Waals surface area contributed by atoms with Crippen LogP contribution in [0.2, 0.25) is 0 Å². The average Bonchev–Trinajstić information content (AvgIpc) is 2.11. The van der Waals surface area contributed by atoms with Crippen molar-refractivity contribution in [1.29, 1.82) is 0 Å². The molecule has 0 aromatic carbocycles. The van der Waals surface area contributed by atoms with Crippen LogP contribution in [0.1, 0.15) is 5.76 Å². The number of hydrogen-bond acceptors (Lipinski definition) is 2. The second kappa shape index (κ2) is 3.95. The van der Waals surface area contributed by atoms with Gasteiger partial charge in [-0.25, -0.2) is 0 Å². The zero-order valence-electron chi connectivity index (χ0n) is 5.61. The largest absolute Gasteiger partial charge is 1.00 e. The Hall–Kier alpha value is 0.506. The maximum Gasteiger partial charge on any atom is 1.00 e. The van der Waals surface area contributed by atoms with E-state index in [4.69, 9.17) is 0 Å². The summed E-state index contributed by atoms with van der Waals surface area (Å²) < 4.78 is 38.5. The van der Waals surface area contributed by atoms with Crippen molar-refractivity contribution in [2.24, 2.45) is 0 Å². The minimum Gasteiger partial charge on any atom is -0.576 e. The van der Waals surface area contributed by atoms with Gasteiger partial charge in [0.1, 0.15) is 0 Å². The fraction of sp³-hybridized carbons (Fsp3) is 0.200. The van der Waals surface area contributed by atoms with Gasteiger partial charge in [0.15, 0.2) is 0 Å². The monoisotopic (exact) mass is 190 g/mol. The molecular formula is C5H2F3KO2. The van der Waals surface area contributed by atoms with Crippen LogP contribution in [0.4, 0.5) is 13.2 Å². The van der Waals surface area contributed by atoms with Crippen molar-refractivity contribution in [2.75, 3.05) is 0 Å². The molecule has 11 heavy (non-hydrogen) atoms. The van der Waals surface area contributed by atoms with Gasteiger partial charge in [-0.3, -0.25) is 0 Å². The van der Waals surface area contributed by atoms with E-state index < -0.39 is 17.9 Å². The molecule has 0 aliphatic heterocycles. The van der Waals surface area contributed by atoms with E-state index in [9.17, 15) is 18.3 Å². The number of alkyl halides is 3. The smallest absolute Gasteiger partial charge is 0.576 e. The van der Waals surface area contributed by atoms with Crippen LogP contribution in [-0.2, 0) is 6.18 Å². The molecule has 0 aliphatic carbocycles. The number of rotatable bonds is 0. The number of hydrogen-bond donors (Lipinski definition) is 0. The molecule has 0 aliphatic rings. The first-order chi connectivity index (χ1) is 4.50. The summed E-state index contributed by atoms with van der Waals surface area (Å²) in [6.45, 7) is 0. The minimum atomic E-state index is -4.55. The Bertz CT molecular complexity index is 230. The average molecular weight is 190 g/mol. The van der Waals surface area contributed by atoms with Crippen molar-refractivity contribution in [3.8, 4) is 5.95 Å². The fourth-order valence-electron chi connectivity index (χ4n) is 0.472. The van der Waals surface area contributed by atoms with Crippen molar-refractivity contribution in [1.82, 2.24) is 0 Å². The standard InChI is InChI=1S/C5H3F3O2.K/c6-5(7,8)3-1-2-4(9)10-3;/h1-2,9H;/q;+1/p-1. The van der Waals surface area contributed by atoms with E-state index in [1.165, 1.54) is 0 Å². The first-order valence-corrected chi connectivity index (χ1v) is 2.34. The number of halogens is 3. The maximum atomic E-state index is 11.6. The van der Waals surface area contributed by atoms with Gasteiger partial charge in [0, 0.05) is 0 Å². The van der Waals surface area contributed by atoms with Gasteiger partial charge in [-0.05, 0) is 12.1 Å². The first-order valence-electron chi connectivity index (χ1n) is 2.34. The van der Waals surface area contributed by atoms with Crippen molar-refractivity contribution in [2.45, 2.75) is 6.18 Å². The Balaban J connectivity index is 0.000001000. The van der Waals surface area contributed by atoms with Gasteiger partial charge in [-0.1, -0.05) is 0 Å². The SMILES string of the molecule is [K+].[O-]c1ccc(C(F)(F)F)o1. The van der Waals surface area contributed by atoms with Crippen LogP contribution in [0.3, 0.4) is 0 Å². The van der Waals surface area contributed by atoms with E-state index in [2.05, 4.69) is 4.42 Å². The molecule has 0 amide bonds. The Labute approximate surface area is 103 Å². The predicted molar refractivity (Wildman–Crippen MR) is 23.2 cm³/mol. The second-order valence-corrected chi connectivity index (χ2v) is 1.62. The summed E-state index contributed by atoms with van der Waals surface area (Å²) in [5.41, 5.74) is 0. The molecule has 1 aromatic heterocycles. The summed E-state index contributed by atoms with van der Waals surface area (Å²) in [5.74, 6) is -2.23. The molecule has 0 saturated heterocycles. The van der Waals surface area contributed by atoms with Gasteiger partial charge in [-0.2, -0.15) is 13.2 Å². The molecule has 0 fully saturated rings. The zero-order chi connectivity index (χ0) is 7.78. The summed E-state index contributed by atoms with van der Waals surface area (Å²) in [6.07, 6.45) is -4.55. The molecule has 0 spiro atoms. The van der Waals surface area contributed by atoms with Crippen molar-refractivity contribution in [3.05, 3.63) is 17.9 Å². The third kappa shape index (κ3) is 3.16. The molecule has 0 atom stereocenters. The van der Waals surface area contributed by atoms with Gasteiger partial charge in [-0.15, -0.1) is 0 Å². The maximum absolute atomic E-state index is 11.6. The van der Waals surface area contributed by atoms with Gasteiger partial charge < -0.3 is 9.52 Å². The Morgan fingerprint density at radius 3 is 2.00 bits per heavy atom. The molecule has 0 N–H and O–H groups in total. The zero-order valence-corrected chi connectivity index (χ0v) is 8.73. The van der Waals surface area contributed by atoms with Crippen LogP contribution < -0.4 is 56.5 Å². The molecule has 0 radical (unpaired) electrons. The van der Waals surface area contributed by atoms with E-state index in [1.54, 1.807) is 0 Å². The molecular weight excluding hydrogens is 188 g/mol. The molecule has 1 rings (SSSR count). The van der Waals surface area contributed by atoms with Gasteiger partial charge in [0.2, 0.25) is 0 Å². The summed E-state index contributed by atoms with van der Waals surface area (Å²) in [7, 11) is 0. The van der Waals surface area contributed by atoms with Crippen molar-refractivity contribution >= 4 is 0 Å². The van der Waals surface area contributed by atoms with E-state index in [0.29, 0.717) is 6.07 Å². The Morgan fingerprint density at radius 1 is 1.27 bits per heavy atom. The van der Waals surface area contributed by atoms with Crippen LogP contribution >= 0.6 is 0 Å². The van der Waals surface area contributed by atoms with Crippen molar-refractivity contribution in [3.63, 3.8) is 0 Å². The summed E-state index contributed by atoms with van der Waals surface area (Å²) in [6, 6.07) is 1.32. The van der Waals surface area contributed by atoms with Crippen LogP contribution in [0.25, 0.3) is 0 Å². The summed E-state index contributed by atoms with van der Waals surface area (Å²) >= 11 is 0.